The van der Waals surface area contributed by atoms with E-state index in [2.05, 4.69) is 21.6 Å². The molecule has 0 saturated carbocycles. The van der Waals surface area contributed by atoms with Crippen LogP contribution in [0, 0.1) is 11.3 Å². The normalized spacial score (nSPS) is 11.6. The average Bonchev–Trinajstić information content (AvgIpc) is 2.86. The van der Waals surface area contributed by atoms with Crippen LogP contribution in [0.25, 0.3) is 0 Å². The lowest BCUT2D eigenvalue weighted by atomic mass is 10.3. The van der Waals surface area contributed by atoms with Crippen LogP contribution in [0.3, 0.4) is 0 Å². The Morgan fingerprint density at radius 3 is 3.05 bits per heavy atom. The Morgan fingerprint density at radius 1 is 1.47 bits per heavy atom. The molecule has 0 aliphatic rings. The molecule has 0 spiro atoms. The molecular weight excluding hydrogens is 280 g/mol. The highest BCUT2D eigenvalue weighted by Gasteiger charge is 2.09. The summed E-state index contributed by atoms with van der Waals surface area (Å²) in [5.41, 5.74) is 0.889. The third-order valence-corrected chi connectivity index (χ3v) is 4.10. The van der Waals surface area contributed by atoms with Crippen molar-refractivity contribution in [3.8, 4) is 11.8 Å². The van der Waals surface area contributed by atoms with Gasteiger partial charge in [0, 0.05) is 11.8 Å². The molecule has 98 valence electrons. The van der Waals surface area contributed by atoms with Crippen LogP contribution in [0.5, 0.6) is 5.75 Å². The molecule has 2 rings (SSSR count). The minimum atomic E-state index is -0.127. The summed E-state index contributed by atoms with van der Waals surface area (Å²) < 4.78 is 5.93. The fraction of sp³-hybridized carbons (Fsp3) is 0.250. The van der Waals surface area contributed by atoms with Crippen LogP contribution in [0.15, 0.2) is 28.6 Å². The van der Waals surface area contributed by atoms with Crippen LogP contribution in [0.2, 0.25) is 0 Å². The number of nitrogens with one attached hydrogen (secondary N) is 1. The third kappa shape index (κ3) is 3.84. The molecule has 0 saturated heterocycles. The van der Waals surface area contributed by atoms with E-state index < -0.39 is 0 Å². The summed E-state index contributed by atoms with van der Waals surface area (Å²) >= 11 is 2.82. The summed E-state index contributed by atoms with van der Waals surface area (Å²) in [7, 11) is 1.63. The lowest BCUT2D eigenvalue weighted by Gasteiger charge is -2.04. The maximum Gasteiger partial charge on any atom is 0.210 e. The van der Waals surface area contributed by atoms with E-state index in [0.29, 0.717) is 5.13 Å². The number of benzene rings is 1. The van der Waals surface area contributed by atoms with Crippen molar-refractivity contribution in [3.63, 3.8) is 0 Å². The standard InChI is InChI=1S/C12H12N4OS2/c1-8(7-13)18-12-16-15-11(19-12)14-9-4-3-5-10(6-9)17-2/h3-6,8H,1-2H3,(H,14,15)/t8-/m1/s1. The van der Waals surface area contributed by atoms with Crippen molar-refractivity contribution in [3.05, 3.63) is 24.3 Å². The lowest BCUT2D eigenvalue weighted by molar-refractivity contribution is 0.415. The minimum Gasteiger partial charge on any atom is -0.497 e. The Balaban J connectivity index is 2.05. The largest absolute Gasteiger partial charge is 0.497 e. The predicted octanol–water partition coefficient (Wildman–Crippen LogP) is 3.29. The third-order valence-electron chi connectivity index (χ3n) is 2.19. The molecule has 0 amide bonds. The monoisotopic (exact) mass is 292 g/mol. The molecule has 7 heteroatoms. The van der Waals surface area contributed by atoms with E-state index in [1.54, 1.807) is 7.11 Å². The van der Waals surface area contributed by atoms with Gasteiger partial charge in [0.2, 0.25) is 5.13 Å². The Hall–Kier alpha value is -1.78. The summed E-state index contributed by atoms with van der Waals surface area (Å²) in [6, 6.07) is 9.73. The van der Waals surface area contributed by atoms with Gasteiger partial charge in [-0.2, -0.15) is 5.26 Å². The van der Waals surface area contributed by atoms with Crippen LogP contribution < -0.4 is 10.1 Å². The molecule has 19 heavy (non-hydrogen) atoms. The van der Waals surface area contributed by atoms with Gasteiger partial charge in [-0.25, -0.2) is 0 Å². The molecular formula is C12H12N4OS2. The molecule has 0 radical (unpaired) electrons. The first-order valence-corrected chi connectivity index (χ1v) is 7.21. The van der Waals surface area contributed by atoms with E-state index in [1.165, 1.54) is 23.1 Å². The molecule has 1 N–H and O–H groups in total. The van der Waals surface area contributed by atoms with E-state index >= 15 is 0 Å². The van der Waals surface area contributed by atoms with Gasteiger partial charge < -0.3 is 10.1 Å². The zero-order valence-electron chi connectivity index (χ0n) is 10.5. The number of rotatable bonds is 5. The topological polar surface area (TPSA) is 70.8 Å². The average molecular weight is 292 g/mol. The quantitative estimate of drug-likeness (QED) is 0.853. The number of hydrogen-bond acceptors (Lipinski definition) is 7. The van der Waals surface area contributed by atoms with Crippen molar-refractivity contribution in [2.75, 3.05) is 12.4 Å². The van der Waals surface area contributed by atoms with Gasteiger partial charge in [-0.1, -0.05) is 29.2 Å². The molecule has 0 aliphatic heterocycles. The van der Waals surface area contributed by atoms with Gasteiger partial charge in [0.1, 0.15) is 5.75 Å². The summed E-state index contributed by atoms with van der Waals surface area (Å²) in [4.78, 5) is 0. The van der Waals surface area contributed by atoms with Crippen LogP contribution in [0.1, 0.15) is 6.92 Å². The van der Waals surface area contributed by atoms with Crippen molar-refractivity contribution in [1.82, 2.24) is 10.2 Å². The highest BCUT2D eigenvalue weighted by Crippen LogP contribution is 2.30. The molecule has 0 aliphatic carbocycles. The van der Waals surface area contributed by atoms with Crippen molar-refractivity contribution < 1.29 is 4.74 Å². The van der Waals surface area contributed by atoms with Gasteiger partial charge in [0.15, 0.2) is 4.34 Å². The number of nitrogens with zero attached hydrogens (tertiary/aromatic N) is 3. The first-order chi connectivity index (χ1) is 9.21. The summed E-state index contributed by atoms with van der Waals surface area (Å²) in [6.45, 7) is 1.83. The number of anilines is 2. The van der Waals surface area contributed by atoms with Gasteiger partial charge in [-0.3, -0.25) is 0 Å². The van der Waals surface area contributed by atoms with Gasteiger partial charge in [0.05, 0.1) is 18.4 Å². The molecule has 0 bridgehead atoms. The molecule has 2 aromatic rings. The minimum absolute atomic E-state index is 0.127. The number of ether oxygens (including phenoxy) is 1. The van der Waals surface area contributed by atoms with E-state index in [0.717, 1.165) is 15.8 Å². The van der Waals surface area contributed by atoms with E-state index in [4.69, 9.17) is 10.00 Å². The maximum absolute atomic E-state index is 8.75. The molecule has 1 atom stereocenters. The summed E-state index contributed by atoms with van der Waals surface area (Å²) in [5, 5.41) is 20.5. The molecule has 0 unspecified atom stereocenters. The fourth-order valence-corrected chi connectivity index (χ4v) is 3.11. The fourth-order valence-electron chi connectivity index (χ4n) is 1.31. The highest BCUT2D eigenvalue weighted by molar-refractivity contribution is 8.01. The number of methoxy groups -OCH3 is 1. The SMILES string of the molecule is COc1cccc(Nc2nnc(S[C@H](C)C#N)s2)c1. The molecule has 5 nitrogen and oxygen atoms in total. The van der Waals surface area contributed by atoms with Gasteiger partial charge in [-0.15, -0.1) is 10.2 Å². The molecule has 1 aromatic heterocycles. The van der Waals surface area contributed by atoms with Crippen molar-refractivity contribution >= 4 is 33.9 Å². The summed E-state index contributed by atoms with van der Waals surface area (Å²) in [6.07, 6.45) is 0. The zero-order valence-corrected chi connectivity index (χ0v) is 12.1. The van der Waals surface area contributed by atoms with Crippen LogP contribution in [-0.2, 0) is 0 Å². The van der Waals surface area contributed by atoms with E-state index in [9.17, 15) is 0 Å². The van der Waals surface area contributed by atoms with E-state index in [-0.39, 0.29) is 5.25 Å². The number of hydrogen-bond donors (Lipinski definition) is 1. The van der Waals surface area contributed by atoms with Crippen molar-refractivity contribution in [2.45, 2.75) is 16.5 Å². The number of nitriles is 1. The Morgan fingerprint density at radius 2 is 2.32 bits per heavy atom. The Bertz CT molecular complexity index is 593. The lowest BCUT2D eigenvalue weighted by Crippen LogP contribution is -1.90. The summed E-state index contributed by atoms with van der Waals surface area (Å²) in [5.74, 6) is 0.780. The van der Waals surface area contributed by atoms with Gasteiger partial charge >= 0.3 is 0 Å². The van der Waals surface area contributed by atoms with Crippen LogP contribution >= 0.6 is 23.1 Å². The smallest absolute Gasteiger partial charge is 0.210 e. The van der Waals surface area contributed by atoms with E-state index in [1.807, 2.05) is 31.2 Å². The zero-order chi connectivity index (χ0) is 13.7. The molecule has 0 fully saturated rings. The first-order valence-electron chi connectivity index (χ1n) is 5.52. The second kappa shape index (κ2) is 6.41. The van der Waals surface area contributed by atoms with Crippen LogP contribution in [-0.4, -0.2) is 22.6 Å². The second-order valence-corrected chi connectivity index (χ2v) is 6.18. The highest BCUT2D eigenvalue weighted by atomic mass is 32.2. The van der Waals surface area contributed by atoms with Gasteiger partial charge in [0.25, 0.3) is 0 Å². The maximum atomic E-state index is 8.75. The first kappa shape index (κ1) is 13.6. The number of aromatic nitrogens is 2. The van der Waals surface area contributed by atoms with Crippen LogP contribution in [0.4, 0.5) is 10.8 Å². The number of thioether (sulfide) groups is 1. The van der Waals surface area contributed by atoms with Gasteiger partial charge in [-0.05, 0) is 19.1 Å². The van der Waals surface area contributed by atoms with Crippen molar-refractivity contribution in [2.24, 2.45) is 0 Å². The Labute approximate surface area is 119 Å². The van der Waals surface area contributed by atoms with Crippen molar-refractivity contribution in [1.29, 1.82) is 5.26 Å². The second-order valence-electron chi connectivity index (χ2n) is 3.62. The predicted molar refractivity (Wildman–Crippen MR) is 77.1 cm³/mol. The molecule has 1 heterocycles. The Kier molecular flexibility index (Phi) is 4.60. The molecule has 1 aromatic carbocycles.